The van der Waals surface area contributed by atoms with Crippen LogP contribution in [0.25, 0.3) is 0 Å². The fourth-order valence-electron chi connectivity index (χ4n) is 8.74. The highest BCUT2D eigenvalue weighted by molar-refractivity contribution is 6.04. The van der Waals surface area contributed by atoms with Gasteiger partial charge in [0.15, 0.2) is 11.9 Å². The Morgan fingerprint density at radius 2 is 1.67 bits per heavy atom. The molecule has 2 saturated carbocycles. The monoisotopic (exact) mass is 795 g/mol. The first-order chi connectivity index (χ1) is 28.2. The summed E-state index contributed by atoms with van der Waals surface area (Å²) in [5, 5.41) is 12.2. The lowest BCUT2D eigenvalue weighted by atomic mass is 10.0. The van der Waals surface area contributed by atoms with Gasteiger partial charge in [0, 0.05) is 50.9 Å². The van der Waals surface area contributed by atoms with E-state index in [4.69, 9.17) is 14.5 Å². The molecular formula is C43H57N9O6. The number of fused-ring (bicyclic) bond motifs is 1. The molecule has 0 spiro atoms. The topological polar surface area (TPSA) is 170 Å². The Kier molecular flexibility index (Phi) is 13.3. The van der Waals surface area contributed by atoms with Gasteiger partial charge in [-0.15, -0.1) is 0 Å². The molecule has 15 heteroatoms. The molecule has 2 aromatic carbocycles. The fourth-order valence-corrected chi connectivity index (χ4v) is 8.74. The number of carbonyl (C=O) groups is 4. The zero-order valence-corrected chi connectivity index (χ0v) is 33.9. The summed E-state index contributed by atoms with van der Waals surface area (Å²) < 4.78 is 11.4. The van der Waals surface area contributed by atoms with Crippen LogP contribution in [0.1, 0.15) is 99.5 Å². The Balaban J connectivity index is 0.889. The number of piperidine rings is 1. The first kappa shape index (κ1) is 40.7. The van der Waals surface area contributed by atoms with E-state index >= 15 is 0 Å². The number of anilines is 4. The van der Waals surface area contributed by atoms with Gasteiger partial charge in [-0.3, -0.25) is 9.59 Å². The molecule has 2 aliphatic heterocycles. The number of rotatable bonds is 14. The van der Waals surface area contributed by atoms with Crippen LogP contribution in [0.15, 0.2) is 54.7 Å². The highest BCUT2D eigenvalue weighted by Gasteiger charge is 2.41. The lowest BCUT2D eigenvalue weighted by Gasteiger charge is -2.43. The zero-order chi connectivity index (χ0) is 40.6. The van der Waals surface area contributed by atoms with E-state index in [1.54, 1.807) is 43.5 Å². The summed E-state index contributed by atoms with van der Waals surface area (Å²) in [5.41, 5.74) is 2.47. The molecule has 4 amide bonds. The van der Waals surface area contributed by atoms with Gasteiger partial charge in [0.2, 0.25) is 11.9 Å². The second-order valence-electron chi connectivity index (χ2n) is 15.8. The number of ether oxygens (including phenoxy) is 2. The highest BCUT2D eigenvalue weighted by atomic mass is 16.5. The summed E-state index contributed by atoms with van der Waals surface area (Å²) in [6, 6.07) is 13.1. The number of amides is 4. The molecule has 7 rings (SSSR count). The van der Waals surface area contributed by atoms with E-state index in [0.717, 1.165) is 83.1 Å². The van der Waals surface area contributed by atoms with Crippen molar-refractivity contribution in [2.45, 2.75) is 108 Å². The summed E-state index contributed by atoms with van der Waals surface area (Å²) in [5.74, 6) is 1.06. The van der Waals surface area contributed by atoms with Gasteiger partial charge in [0.1, 0.15) is 23.6 Å². The Morgan fingerprint density at radius 1 is 0.948 bits per heavy atom. The largest absolute Gasteiger partial charge is 0.495 e. The van der Waals surface area contributed by atoms with E-state index in [-0.39, 0.29) is 36.0 Å². The van der Waals surface area contributed by atoms with Crippen LogP contribution in [-0.4, -0.2) is 103 Å². The molecule has 1 saturated heterocycles. The van der Waals surface area contributed by atoms with Crippen LogP contribution >= 0.6 is 0 Å². The third-order valence-corrected chi connectivity index (χ3v) is 12.0. The summed E-state index contributed by atoms with van der Waals surface area (Å²) >= 11 is 0. The van der Waals surface area contributed by atoms with Crippen molar-refractivity contribution in [3.8, 4) is 5.75 Å². The molecule has 3 heterocycles. The Labute approximate surface area is 340 Å². The number of likely N-dealkylation sites (N-methyl/N-ethyl adjacent to an activating group) is 1. The number of likely N-dealkylation sites (tertiary alicyclic amines) is 1. The quantitative estimate of drug-likeness (QED) is 0.153. The molecule has 4 N–H and O–H groups in total. The maximum Gasteiger partial charge on any atom is 0.333 e. The van der Waals surface area contributed by atoms with Gasteiger partial charge >= 0.3 is 12.0 Å². The predicted molar refractivity (Wildman–Crippen MR) is 222 cm³/mol. The SMILES string of the molecule is CC[C@@H]1C(=O)N(C)c2cnc(Nc3ccc(C(=O)NC4CCN(CCNC(=O)N[C@H](C(=O)OC5CCCC5)c5ccccc5)CC4)cc3OC)nc2N1C1CCCC1. The first-order valence-electron chi connectivity index (χ1n) is 20.9. The number of methoxy groups -OCH3 is 1. The summed E-state index contributed by atoms with van der Waals surface area (Å²) in [7, 11) is 3.34. The van der Waals surface area contributed by atoms with E-state index in [1.165, 1.54) is 0 Å². The maximum atomic E-state index is 13.4. The molecule has 2 aliphatic carbocycles. The zero-order valence-electron chi connectivity index (χ0n) is 33.9. The lowest BCUT2D eigenvalue weighted by molar-refractivity contribution is -0.151. The number of esters is 1. The van der Waals surface area contributed by atoms with Crippen LogP contribution in [0.4, 0.5) is 27.9 Å². The lowest BCUT2D eigenvalue weighted by Crippen LogP contribution is -2.55. The van der Waals surface area contributed by atoms with Crippen molar-refractivity contribution >= 4 is 47.0 Å². The average Bonchev–Trinajstić information content (AvgIpc) is 3.98. The molecular weight excluding hydrogens is 739 g/mol. The van der Waals surface area contributed by atoms with Crippen molar-refractivity contribution in [1.82, 2.24) is 30.8 Å². The molecule has 0 radical (unpaired) electrons. The minimum absolute atomic E-state index is 0.00461. The molecule has 3 aromatic rings. The molecule has 3 fully saturated rings. The number of carbonyl (C=O) groups excluding carboxylic acids is 4. The normalized spacial score (nSPS) is 19.7. The summed E-state index contributed by atoms with van der Waals surface area (Å²) in [4.78, 5) is 68.3. The van der Waals surface area contributed by atoms with Crippen LogP contribution < -0.4 is 35.8 Å². The molecule has 310 valence electrons. The van der Waals surface area contributed by atoms with Gasteiger partial charge in [-0.1, -0.05) is 50.1 Å². The van der Waals surface area contributed by atoms with Gasteiger partial charge in [-0.2, -0.15) is 4.98 Å². The molecule has 0 unspecified atom stereocenters. The number of hydrogen-bond acceptors (Lipinski definition) is 11. The standard InChI is InChI=1S/C43H57N9O6/c1-4-34-40(54)50(2)35-27-45-42(49-38(35)52(34)31-14-8-9-15-31)47-33-19-18-29(26-36(33)57-3)39(53)46-30-20-23-51(24-21-30)25-22-44-43(56)48-37(28-12-6-5-7-13-28)41(55)58-32-16-10-11-17-32/h5-7,12-13,18-19,26-27,30-32,34,37H,4,8-11,14-17,20-25H2,1-3H3,(H,46,53)(H2,44,48,56)(H,45,47,49)/t34-,37+/m1/s1. The van der Waals surface area contributed by atoms with Gasteiger partial charge in [-0.05, 0) is 81.5 Å². The maximum absolute atomic E-state index is 13.4. The van der Waals surface area contributed by atoms with Crippen LogP contribution in [0.3, 0.4) is 0 Å². The number of urea groups is 1. The third-order valence-electron chi connectivity index (χ3n) is 12.0. The molecule has 2 atom stereocenters. The molecule has 58 heavy (non-hydrogen) atoms. The smallest absolute Gasteiger partial charge is 0.333 e. The third kappa shape index (κ3) is 9.46. The molecule has 4 aliphatic rings. The minimum Gasteiger partial charge on any atom is -0.495 e. The number of nitrogens with zero attached hydrogens (tertiary/aromatic N) is 5. The second-order valence-corrected chi connectivity index (χ2v) is 15.8. The number of benzene rings is 2. The van der Waals surface area contributed by atoms with Crippen LogP contribution in [0.5, 0.6) is 5.75 Å². The molecule has 15 nitrogen and oxygen atoms in total. The van der Waals surface area contributed by atoms with Crippen molar-refractivity contribution < 1.29 is 28.7 Å². The van der Waals surface area contributed by atoms with E-state index in [9.17, 15) is 19.2 Å². The fraction of sp³-hybridized carbons (Fsp3) is 0.535. The second kappa shape index (κ2) is 18.9. The van der Waals surface area contributed by atoms with E-state index in [2.05, 4.69) is 36.1 Å². The van der Waals surface area contributed by atoms with E-state index in [0.29, 0.717) is 53.7 Å². The van der Waals surface area contributed by atoms with Crippen LogP contribution in [-0.2, 0) is 14.3 Å². The van der Waals surface area contributed by atoms with Crippen LogP contribution in [0.2, 0.25) is 0 Å². The number of hydrogen-bond donors (Lipinski definition) is 4. The van der Waals surface area contributed by atoms with Crippen LogP contribution in [0, 0.1) is 0 Å². The van der Waals surface area contributed by atoms with Gasteiger partial charge in [0.05, 0.1) is 19.0 Å². The van der Waals surface area contributed by atoms with Crippen molar-refractivity contribution in [1.29, 1.82) is 0 Å². The summed E-state index contributed by atoms with van der Waals surface area (Å²) in [6.45, 7) is 4.63. The van der Waals surface area contributed by atoms with E-state index in [1.807, 2.05) is 37.3 Å². The van der Waals surface area contributed by atoms with E-state index < -0.39 is 18.0 Å². The molecule has 1 aromatic heterocycles. The predicted octanol–water partition coefficient (Wildman–Crippen LogP) is 5.45. The Bertz CT molecular complexity index is 1910. The first-order valence-corrected chi connectivity index (χ1v) is 20.9. The summed E-state index contributed by atoms with van der Waals surface area (Å²) in [6.07, 6.45) is 12.0. The Hall–Kier alpha value is -5.44. The Morgan fingerprint density at radius 3 is 2.38 bits per heavy atom. The average molecular weight is 796 g/mol. The minimum atomic E-state index is -0.880. The van der Waals surface area contributed by atoms with Crippen molar-refractivity contribution in [2.24, 2.45) is 0 Å². The van der Waals surface area contributed by atoms with Crippen molar-refractivity contribution in [3.05, 3.63) is 65.9 Å². The van der Waals surface area contributed by atoms with Gasteiger partial charge in [0.25, 0.3) is 5.91 Å². The van der Waals surface area contributed by atoms with Gasteiger partial charge in [-0.25, -0.2) is 14.6 Å². The number of aromatic nitrogens is 2. The van der Waals surface area contributed by atoms with Gasteiger partial charge < -0.3 is 45.4 Å². The van der Waals surface area contributed by atoms with Crippen molar-refractivity contribution in [2.75, 3.05) is 55.5 Å². The van der Waals surface area contributed by atoms with Crippen molar-refractivity contribution in [3.63, 3.8) is 0 Å². The number of nitrogens with one attached hydrogen (secondary N) is 4. The highest BCUT2D eigenvalue weighted by Crippen LogP contribution is 2.40. The molecule has 0 bridgehead atoms.